The fourth-order valence-corrected chi connectivity index (χ4v) is 3.11. The number of nitrogens with zero attached hydrogens (tertiary/aromatic N) is 2. The van der Waals surface area contributed by atoms with Crippen LogP contribution in [0.5, 0.6) is 0 Å². The Balaban J connectivity index is 1.90. The molecule has 1 saturated heterocycles. The maximum absolute atomic E-state index is 12.6. The van der Waals surface area contributed by atoms with Crippen molar-refractivity contribution in [2.24, 2.45) is 5.92 Å². The van der Waals surface area contributed by atoms with Crippen LogP contribution in [0.1, 0.15) is 24.5 Å². The van der Waals surface area contributed by atoms with Crippen molar-refractivity contribution in [2.75, 3.05) is 39.8 Å². The van der Waals surface area contributed by atoms with E-state index < -0.39 is 11.7 Å². The minimum atomic E-state index is -4.30. The van der Waals surface area contributed by atoms with Gasteiger partial charge in [0.15, 0.2) is 0 Å². The molecule has 0 aliphatic carbocycles. The maximum Gasteiger partial charge on any atom is 0.416 e. The van der Waals surface area contributed by atoms with Crippen molar-refractivity contribution in [2.45, 2.75) is 26.1 Å². The van der Waals surface area contributed by atoms with Crippen molar-refractivity contribution < 1.29 is 18.0 Å². The number of carbonyl (C=O) groups excluding carboxylic acids is 1. The Bertz CT molecular complexity index is 560. The first kappa shape index (κ1) is 19.7. The van der Waals surface area contributed by atoms with E-state index in [2.05, 4.69) is 10.2 Å². The number of nitrogens with one attached hydrogen (secondary N) is 1. The van der Waals surface area contributed by atoms with Crippen LogP contribution >= 0.6 is 0 Å². The number of hydrogen-bond acceptors (Lipinski definition) is 3. The molecule has 4 nitrogen and oxygen atoms in total. The van der Waals surface area contributed by atoms with Crippen LogP contribution < -0.4 is 5.32 Å². The van der Waals surface area contributed by atoms with Crippen LogP contribution in [0.25, 0.3) is 0 Å². The lowest BCUT2D eigenvalue weighted by molar-refractivity contribution is -0.137. The van der Waals surface area contributed by atoms with Gasteiger partial charge in [-0.1, -0.05) is 19.1 Å². The molecule has 0 radical (unpaired) electrons. The molecule has 1 aliphatic heterocycles. The van der Waals surface area contributed by atoms with E-state index in [1.807, 2.05) is 18.9 Å². The number of hydrogen-bond donors (Lipinski definition) is 1. The van der Waals surface area contributed by atoms with Crippen molar-refractivity contribution in [3.8, 4) is 0 Å². The summed E-state index contributed by atoms with van der Waals surface area (Å²) in [5, 5.41) is 3.02. The van der Waals surface area contributed by atoms with Gasteiger partial charge in [-0.05, 0) is 31.2 Å². The quantitative estimate of drug-likeness (QED) is 0.880. The Labute approximate surface area is 147 Å². The van der Waals surface area contributed by atoms with Crippen LogP contribution in [-0.2, 0) is 17.5 Å². The molecule has 1 N–H and O–H groups in total. The molecular weight excluding hydrogens is 331 g/mol. The van der Waals surface area contributed by atoms with E-state index in [1.165, 1.54) is 12.1 Å². The molecule has 1 heterocycles. The molecule has 1 unspecified atom stereocenters. The summed E-state index contributed by atoms with van der Waals surface area (Å²) in [6.07, 6.45) is -3.43. The number of benzene rings is 1. The molecule has 2 rings (SSSR count). The highest BCUT2D eigenvalue weighted by molar-refractivity contribution is 5.78. The van der Waals surface area contributed by atoms with Crippen LogP contribution in [0, 0.1) is 5.92 Å². The Morgan fingerprint density at radius 2 is 1.84 bits per heavy atom. The normalized spacial score (nSPS) is 18.0. The first-order chi connectivity index (χ1) is 11.8. The van der Waals surface area contributed by atoms with Crippen LogP contribution in [0.2, 0.25) is 0 Å². The van der Waals surface area contributed by atoms with E-state index in [1.54, 1.807) is 0 Å². The Morgan fingerprint density at radius 1 is 1.16 bits per heavy atom. The summed E-state index contributed by atoms with van der Waals surface area (Å²) in [6.45, 7) is 6.15. The summed E-state index contributed by atoms with van der Waals surface area (Å²) >= 11 is 0. The predicted molar refractivity (Wildman–Crippen MR) is 91.0 cm³/mol. The zero-order valence-electron chi connectivity index (χ0n) is 14.8. The third-order valence-electron chi connectivity index (χ3n) is 4.52. The average molecular weight is 357 g/mol. The lowest BCUT2D eigenvalue weighted by Crippen LogP contribution is -2.40. The van der Waals surface area contributed by atoms with Gasteiger partial charge in [-0.15, -0.1) is 0 Å². The molecule has 0 aromatic heterocycles. The van der Waals surface area contributed by atoms with Gasteiger partial charge >= 0.3 is 6.18 Å². The highest BCUT2D eigenvalue weighted by atomic mass is 19.4. The lowest BCUT2D eigenvalue weighted by Gasteiger charge is -2.24. The molecule has 0 saturated carbocycles. The first-order valence-electron chi connectivity index (χ1n) is 8.63. The minimum Gasteiger partial charge on any atom is -0.341 e. The maximum atomic E-state index is 12.6. The second-order valence-corrected chi connectivity index (χ2v) is 6.61. The second kappa shape index (κ2) is 8.67. The zero-order chi connectivity index (χ0) is 18.4. The fourth-order valence-electron chi connectivity index (χ4n) is 3.11. The highest BCUT2D eigenvalue weighted by Crippen LogP contribution is 2.29. The molecule has 140 valence electrons. The topological polar surface area (TPSA) is 35.6 Å². The molecule has 0 bridgehead atoms. The van der Waals surface area contributed by atoms with Crippen LogP contribution in [-0.4, -0.2) is 55.5 Å². The van der Waals surface area contributed by atoms with Gasteiger partial charge < -0.3 is 10.2 Å². The van der Waals surface area contributed by atoms with Crippen molar-refractivity contribution >= 4 is 5.91 Å². The SMILES string of the molecule is CNCC(C)C(=O)N1CCCN(Cc2ccc(C(F)(F)F)cc2)CC1. The Hall–Kier alpha value is -1.60. The van der Waals surface area contributed by atoms with Crippen molar-refractivity contribution in [1.29, 1.82) is 0 Å². The van der Waals surface area contributed by atoms with E-state index in [0.717, 1.165) is 43.8 Å². The van der Waals surface area contributed by atoms with E-state index in [0.29, 0.717) is 19.6 Å². The van der Waals surface area contributed by atoms with Gasteiger partial charge in [0.1, 0.15) is 0 Å². The summed E-state index contributed by atoms with van der Waals surface area (Å²) < 4.78 is 37.9. The van der Waals surface area contributed by atoms with Crippen molar-refractivity contribution in [3.05, 3.63) is 35.4 Å². The zero-order valence-corrected chi connectivity index (χ0v) is 14.8. The van der Waals surface area contributed by atoms with Gasteiger partial charge in [-0.2, -0.15) is 13.2 Å². The summed E-state index contributed by atoms with van der Waals surface area (Å²) in [4.78, 5) is 16.5. The van der Waals surface area contributed by atoms with Gasteiger partial charge in [0.25, 0.3) is 0 Å². The molecule has 0 spiro atoms. The van der Waals surface area contributed by atoms with Crippen LogP contribution in [0.4, 0.5) is 13.2 Å². The minimum absolute atomic E-state index is 0.0496. The molecule has 1 aromatic rings. The third kappa shape index (κ3) is 5.71. The van der Waals surface area contributed by atoms with Crippen LogP contribution in [0.3, 0.4) is 0 Å². The lowest BCUT2D eigenvalue weighted by atomic mass is 10.1. The fraction of sp³-hybridized carbons (Fsp3) is 0.611. The van der Waals surface area contributed by atoms with Gasteiger partial charge in [-0.25, -0.2) is 0 Å². The third-order valence-corrected chi connectivity index (χ3v) is 4.52. The summed E-state index contributed by atoms with van der Waals surface area (Å²) in [6, 6.07) is 5.32. The number of amides is 1. The molecule has 1 atom stereocenters. The summed E-state index contributed by atoms with van der Waals surface area (Å²) in [5.41, 5.74) is 0.235. The number of alkyl halides is 3. The summed E-state index contributed by atoms with van der Waals surface area (Å²) in [7, 11) is 1.83. The molecule has 1 fully saturated rings. The molecule has 1 amide bonds. The van der Waals surface area contributed by atoms with Gasteiger partial charge in [-0.3, -0.25) is 9.69 Å². The van der Waals surface area contributed by atoms with Crippen molar-refractivity contribution in [3.63, 3.8) is 0 Å². The number of rotatable bonds is 5. The van der Waals surface area contributed by atoms with E-state index in [4.69, 9.17) is 0 Å². The van der Waals surface area contributed by atoms with E-state index >= 15 is 0 Å². The average Bonchev–Trinajstić information content (AvgIpc) is 2.79. The first-order valence-corrected chi connectivity index (χ1v) is 8.63. The summed E-state index contributed by atoms with van der Waals surface area (Å²) in [5.74, 6) is 0.109. The van der Waals surface area contributed by atoms with Gasteiger partial charge in [0.2, 0.25) is 5.91 Å². The standard InChI is InChI=1S/C18H26F3N3O/c1-14(12-22-2)17(25)24-9-3-8-23(10-11-24)13-15-4-6-16(7-5-15)18(19,20)21/h4-7,14,22H,3,8-13H2,1-2H3. The number of carbonyl (C=O) groups is 1. The van der Waals surface area contributed by atoms with E-state index in [9.17, 15) is 18.0 Å². The second-order valence-electron chi connectivity index (χ2n) is 6.61. The van der Waals surface area contributed by atoms with Gasteiger partial charge in [0.05, 0.1) is 5.56 Å². The smallest absolute Gasteiger partial charge is 0.341 e. The largest absolute Gasteiger partial charge is 0.416 e. The van der Waals surface area contributed by atoms with Crippen molar-refractivity contribution in [1.82, 2.24) is 15.1 Å². The van der Waals surface area contributed by atoms with E-state index in [-0.39, 0.29) is 11.8 Å². The Kier molecular flexibility index (Phi) is 6.84. The number of halogens is 3. The molecule has 1 aromatic carbocycles. The highest BCUT2D eigenvalue weighted by Gasteiger charge is 2.30. The molecule has 25 heavy (non-hydrogen) atoms. The Morgan fingerprint density at radius 3 is 2.44 bits per heavy atom. The van der Waals surface area contributed by atoms with Crippen LogP contribution in [0.15, 0.2) is 24.3 Å². The predicted octanol–water partition coefficient (Wildman–Crippen LogP) is 2.60. The van der Waals surface area contributed by atoms with Gasteiger partial charge in [0, 0.05) is 45.2 Å². The molecule has 7 heteroatoms. The molecular formula is C18H26F3N3O. The molecule has 1 aliphatic rings. The monoisotopic (exact) mass is 357 g/mol.